The highest BCUT2D eigenvalue weighted by atomic mass is 16.5. The van der Waals surface area contributed by atoms with E-state index in [0.29, 0.717) is 0 Å². The minimum absolute atomic E-state index is 0.797. The van der Waals surface area contributed by atoms with Crippen molar-refractivity contribution in [1.29, 1.82) is 0 Å². The molecule has 0 aromatic heterocycles. The predicted octanol–water partition coefficient (Wildman–Crippen LogP) is 3.04. The van der Waals surface area contributed by atoms with Gasteiger partial charge < -0.3 is 4.74 Å². The Hall–Kier alpha value is -1.02. The summed E-state index contributed by atoms with van der Waals surface area (Å²) in [4.78, 5) is 2.52. The van der Waals surface area contributed by atoms with E-state index in [0.717, 1.165) is 30.7 Å². The van der Waals surface area contributed by atoms with Gasteiger partial charge in [-0.3, -0.25) is 4.90 Å². The number of ether oxygens (including phenoxy) is 1. The van der Waals surface area contributed by atoms with E-state index in [4.69, 9.17) is 4.74 Å². The normalized spacial score (nSPS) is 25.8. The van der Waals surface area contributed by atoms with E-state index in [1.54, 1.807) is 0 Å². The van der Waals surface area contributed by atoms with E-state index >= 15 is 0 Å². The van der Waals surface area contributed by atoms with Crippen LogP contribution >= 0.6 is 0 Å². The Morgan fingerprint density at radius 1 is 1.18 bits per heavy atom. The first kappa shape index (κ1) is 12.4. The molecule has 2 nitrogen and oxygen atoms in total. The summed E-state index contributed by atoms with van der Waals surface area (Å²) in [5.74, 6) is 2.67. The molecule has 1 heterocycles. The lowest BCUT2D eigenvalue weighted by Crippen LogP contribution is -2.40. The molecular weight excluding hydrogens is 210 g/mol. The Kier molecular flexibility index (Phi) is 4.43. The molecule has 2 rings (SSSR count). The highest BCUT2D eigenvalue weighted by Crippen LogP contribution is 2.22. The van der Waals surface area contributed by atoms with Gasteiger partial charge >= 0.3 is 0 Å². The number of hydrogen-bond donors (Lipinski definition) is 0. The van der Waals surface area contributed by atoms with Gasteiger partial charge in [-0.25, -0.2) is 0 Å². The third kappa shape index (κ3) is 3.74. The summed E-state index contributed by atoms with van der Waals surface area (Å²) in [5.41, 5.74) is 0. The molecule has 1 saturated heterocycles. The molecule has 1 aliphatic heterocycles. The molecule has 0 aliphatic carbocycles. The molecule has 1 aromatic carbocycles. The maximum absolute atomic E-state index is 5.73. The first-order valence-electron chi connectivity index (χ1n) is 6.66. The average Bonchev–Trinajstić information content (AvgIpc) is 2.35. The van der Waals surface area contributed by atoms with Gasteiger partial charge in [0.2, 0.25) is 0 Å². The Labute approximate surface area is 105 Å². The molecule has 17 heavy (non-hydrogen) atoms. The van der Waals surface area contributed by atoms with Crippen molar-refractivity contribution < 1.29 is 4.74 Å². The zero-order valence-corrected chi connectivity index (χ0v) is 10.9. The second-order valence-electron chi connectivity index (χ2n) is 5.21. The molecule has 2 atom stereocenters. The smallest absolute Gasteiger partial charge is 0.119 e. The predicted molar refractivity (Wildman–Crippen MR) is 71.3 cm³/mol. The molecule has 0 bridgehead atoms. The van der Waals surface area contributed by atoms with Gasteiger partial charge in [0.15, 0.2) is 0 Å². The number of piperidine rings is 1. The van der Waals surface area contributed by atoms with Crippen molar-refractivity contribution in [1.82, 2.24) is 4.90 Å². The monoisotopic (exact) mass is 233 g/mol. The Balaban J connectivity index is 1.69. The van der Waals surface area contributed by atoms with Crippen molar-refractivity contribution in [2.75, 3.05) is 26.2 Å². The Morgan fingerprint density at radius 3 is 2.65 bits per heavy atom. The van der Waals surface area contributed by atoms with Crippen LogP contribution in [-0.4, -0.2) is 31.1 Å². The third-order valence-electron chi connectivity index (χ3n) is 3.84. The zero-order valence-electron chi connectivity index (χ0n) is 10.9. The molecule has 0 saturated carbocycles. The maximum atomic E-state index is 5.73. The largest absolute Gasteiger partial charge is 0.492 e. The average molecular weight is 233 g/mol. The first-order valence-corrected chi connectivity index (χ1v) is 6.66. The van der Waals surface area contributed by atoms with Gasteiger partial charge in [0.05, 0.1) is 0 Å². The summed E-state index contributed by atoms with van der Waals surface area (Å²) in [7, 11) is 0. The summed E-state index contributed by atoms with van der Waals surface area (Å²) in [6.07, 6.45) is 1.33. The molecule has 1 fully saturated rings. The quantitative estimate of drug-likeness (QED) is 0.792. The minimum Gasteiger partial charge on any atom is -0.492 e. The lowest BCUT2D eigenvalue weighted by Gasteiger charge is -2.35. The maximum Gasteiger partial charge on any atom is 0.119 e. The molecule has 0 N–H and O–H groups in total. The fourth-order valence-corrected chi connectivity index (χ4v) is 2.36. The summed E-state index contributed by atoms with van der Waals surface area (Å²) in [6.45, 7) is 9.01. The number of benzene rings is 1. The van der Waals surface area contributed by atoms with Crippen LogP contribution in [0, 0.1) is 11.8 Å². The molecule has 94 valence electrons. The van der Waals surface area contributed by atoms with Gasteiger partial charge in [-0.1, -0.05) is 32.0 Å². The molecule has 2 heteroatoms. The van der Waals surface area contributed by atoms with Crippen LogP contribution in [0.15, 0.2) is 30.3 Å². The van der Waals surface area contributed by atoms with E-state index < -0.39 is 0 Å². The highest BCUT2D eigenvalue weighted by molar-refractivity contribution is 5.20. The second kappa shape index (κ2) is 6.06. The van der Waals surface area contributed by atoms with Crippen LogP contribution < -0.4 is 4.74 Å². The summed E-state index contributed by atoms with van der Waals surface area (Å²) in [5, 5.41) is 0. The van der Waals surface area contributed by atoms with Crippen molar-refractivity contribution >= 4 is 0 Å². The van der Waals surface area contributed by atoms with Crippen LogP contribution in [0.3, 0.4) is 0 Å². The molecule has 0 radical (unpaired) electrons. The van der Waals surface area contributed by atoms with Gasteiger partial charge in [-0.15, -0.1) is 0 Å². The Morgan fingerprint density at radius 2 is 1.94 bits per heavy atom. The van der Waals surface area contributed by atoms with Crippen molar-refractivity contribution in [3.63, 3.8) is 0 Å². The molecular formula is C15H23NO. The topological polar surface area (TPSA) is 12.5 Å². The third-order valence-corrected chi connectivity index (χ3v) is 3.84. The van der Waals surface area contributed by atoms with E-state index in [-0.39, 0.29) is 0 Å². The first-order chi connectivity index (χ1) is 8.25. The van der Waals surface area contributed by atoms with E-state index in [9.17, 15) is 0 Å². The fourth-order valence-electron chi connectivity index (χ4n) is 2.36. The van der Waals surface area contributed by atoms with Gasteiger partial charge in [-0.05, 0) is 36.9 Å². The van der Waals surface area contributed by atoms with E-state index in [2.05, 4.69) is 18.7 Å². The van der Waals surface area contributed by atoms with Crippen LogP contribution in [0.2, 0.25) is 0 Å². The molecule has 1 aromatic rings. The SMILES string of the molecule is CC1CCN(CCOc2ccccc2)CC1C. The Bertz CT molecular complexity index is 325. The standard InChI is InChI=1S/C15H23NO/c1-13-8-9-16(12-14(13)2)10-11-17-15-6-4-3-5-7-15/h3-7,13-14H,8-12H2,1-2H3. The number of hydrogen-bond acceptors (Lipinski definition) is 2. The van der Waals surface area contributed by atoms with E-state index in [1.165, 1.54) is 19.5 Å². The summed E-state index contributed by atoms with van der Waals surface area (Å²) >= 11 is 0. The summed E-state index contributed by atoms with van der Waals surface area (Å²) < 4.78 is 5.73. The minimum atomic E-state index is 0.797. The van der Waals surface area contributed by atoms with Gasteiger partial charge in [0, 0.05) is 13.1 Å². The van der Waals surface area contributed by atoms with Crippen LogP contribution in [0.1, 0.15) is 20.3 Å². The van der Waals surface area contributed by atoms with Crippen molar-refractivity contribution in [2.45, 2.75) is 20.3 Å². The molecule has 0 amide bonds. The van der Waals surface area contributed by atoms with E-state index in [1.807, 2.05) is 30.3 Å². The van der Waals surface area contributed by atoms with Crippen LogP contribution in [-0.2, 0) is 0 Å². The molecule has 1 aliphatic rings. The highest BCUT2D eigenvalue weighted by Gasteiger charge is 2.22. The lowest BCUT2D eigenvalue weighted by molar-refractivity contribution is 0.119. The second-order valence-corrected chi connectivity index (χ2v) is 5.21. The van der Waals surface area contributed by atoms with Crippen LogP contribution in [0.5, 0.6) is 5.75 Å². The zero-order chi connectivity index (χ0) is 12.1. The summed E-state index contributed by atoms with van der Waals surface area (Å²) in [6, 6.07) is 10.1. The van der Waals surface area contributed by atoms with Crippen molar-refractivity contribution in [2.24, 2.45) is 11.8 Å². The van der Waals surface area contributed by atoms with Gasteiger partial charge in [0.1, 0.15) is 12.4 Å². The number of likely N-dealkylation sites (tertiary alicyclic amines) is 1. The molecule has 0 spiro atoms. The number of rotatable bonds is 4. The van der Waals surface area contributed by atoms with Crippen molar-refractivity contribution in [3.05, 3.63) is 30.3 Å². The molecule has 2 unspecified atom stereocenters. The van der Waals surface area contributed by atoms with Crippen LogP contribution in [0.4, 0.5) is 0 Å². The lowest BCUT2D eigenvalue weighted by atomic mass is 9.89. The van der Waals surface area contributed by atoms with Gasteiger partial charge in [0.25, 0.3) is 0 Å². The fraction of sp³-hybridized carbons (Fsp3) is 0.600. The number of para-hydroxylation sites is 1. The number of nitrogens with zero attached hydrogens (tertiary/aromatic N) is 1. The van der Waals surface area contributed by atoms with Crippen molar-refractivity contribution in [3.8, 4) is 5.75 Å². The van der Waals surface area contributed by atoms with Gasteiger partial charge in [-0.2, -0.15) is 0 Å². The van der Waals surface area contributed by atoms with Crippen LogP contribution in [0.25, 0.3) is 0 Å².